The molecular formula is C12H22N2O5S. The number of carboxylic acids is 1. The first-order valence-electron chi connectivity index (χ1n) is 6.88. The topological polar surface area (TPSA) is 104 Å². The highest BCUT2D eigenvalue weighted by Crippen LogP contribution is 2.12. The lowest BCUT2D eigenvalue weighted by atomic mass is 10.1. The van der Waals surface area contributed by atoms with E-state index in [2.05, 4.69) is 5.32 Å². The zero-order valence-electron chi connectivity index (χ0n) is 11.5. The van der Waals surface area contributed by atoms with Gasteiger partial charge >= 0.3 is 5.97 Å². The number of aliphatic carboxylic acids is 1. The van der Waals surface area contributed by atoms with Crippen LogP contribution in [0.3, 0.4) is 0 Å². The second-order valence-electron chi connectivity index (χ2n) is 4.91. The number of nitrogens with one attached hydrogen (secondary N) is 1. The zero-order valence-corrected chi connectivity index (χ0v) is 12.3. The van der Waals surface area contributed by atoms with Gasteiger partial charge in [-0.1, -0.05) is 12.8 Å². The van der Waals surface area contributed by atoms with Crippen molar-refractivity contribution in [2.45, 2.75) is 38.5 Å². The molecule has 1 heterocycles. The van der Waals surface area contributed by atoms with Crippen LogP contribution in [0.25, 0.3) is 0 Å². The first kappa shape index (κ1) is 16.9. The molecule has 0 radical (unpaired) electrons. The molecule has 0 bridgehead atoms. The minimum Gasteiger partial charge on any atom is -0.481 e. The Balaban J connectivity index is 2.05. The quantitative estimate of drug-likeness (QED) is 0.591. The number of hydrogen-bond acceptors (Lipinski definition) is 4. The summed E-state index contributed by atoms with van der Waals surface area (Å²) < 4.78 is 24.2. The van der Waals surface area contributed by atoms with E-state index in [-0.39, 0.29) is 24.6 Å². The molecule has 116 valence electrons. The minimum absolute atomic E-state index is 0.0959. The predicted molar refractivity (Wildman–Crippen MR) is 73.7 cm³/mol. The van der Waals surface area contributed by atoms with Crippen LogP contribution >= 0.6 is 0 Å². The van der Waals surface area contributed by atoms with Crippen LogP contribution in [0.5, 0.6) is 0 Å². The molecule has 7 nitrogen and oxygen atoms in total. The molecule has 1 aliphatic heterocycles. The van der Waals surface area contributed by atoms with Gasteiger partial charge in [0.25, 0.3) is 0 Å². The SMILES string of the molecule is O=C(O)CCCCCCNC(=O)CN1CCCS1(=O)=O. The first-order chi connectivity index (χ1) is 9.42. The van der Waals surface area contributed by atoms with Gasteiger partial charge in [-0.15, -0.1) is 0 Å². The summed E-state index contributed by atoms with van der Waals surface area (Å²) in [6.07, 6.45) is 3.87. The van der Waals surface area contributed by atoms with E-state index in [0.29, 0.717) is 25.9 Å². The summed E-state index contributed by atoms with van der Waals surface area (Å²) in [6.45, 7) is 0.825. The molecular weight excluding hydrogens is 284 g/mol. The summed E-state index contributed by atoms with van der Waals surface area (Å²) in [5, 5.41) is 11.1. The van der Waals surface area contributed by atoms with Gasteiger partial charge in [0.05, 0.1) is 12.3 Å². The second kappa shape index (κ2) is 8.21. The Morgan fingerprint density at radius 2 is 1.85 bits per heavy atom. The first-order valence-corrected chi connectivity index (χ1v) is 8.49. The Hall–Kier alpha value is -1.15. The molecule has 0 spiro atoms. The summed E-state index contributed by atoms with van der Waals surface area (Å²) >= 11 is 0. The van der Waals surface area contributed by atoms with Crippen LogP contribution < -0.4 is 5.32 Å². The van der Waals surface area contributed by atoms with Gasteiger partial charge in [0.15, 0.2) is 0 Å². The maximum atomic E-state index is 11.6. The Morgan fingerprint density at radius 3 is 2.45 bits per heavy atom. The Bertz CT molecular complexity index is 435. The third kappa shape index (κ3) is 6.33. The Morgan fingerprint density at radius 1 is 1.15 bits per heavy atom. The number of carbonyl (C=O) groups excluding carboxylic acids is 1. The molecule has 0 aromatic carbocycles. The number of hydrogen-bond donors (Lipinski definition) is 2. The molecule has 1 rings (SSSR count). The summed E-state index contributed by atoms with van der Waals surface area (Å²) in [7, 11) is -3.22. The normalized spacial score (nSPS) is 18.0. The van der Waals surface area contributed by atoms with E-state index in [9.17, 15) is 18.0 Å². The number of amides is 1. The van der Waals surface area contributed by atoms with Gasteiger partial charge in [-0.2, -0.15) is 4.31 Å². The Labute approximate surface area is 119 Å². The van der Waals surface area contributed by atoms with Crippen LogP contribution in [0.1, 0.15) is 38.5 Å². The molecule has 0 atom stereocenters. The van der Waals surface area contributed by atoms with Crippen molar-refractivity contribution in [3.8, 4) is 0 Å². The average Bonchev–Trinajstić information content (AvgIpc) is 2.67. The van der Waals surface area contributed by atoms with E-state index in [4.69, 9.17) is 5.11 Å². The molecule has 1 aliphatic rings. The van der Waals surface area contributed by atoms with Crippen molar-refractivity contribution in [3.05, 3.63) is 0 Å². The minimum atomic E-state index is -3.22. The number of sulfonamides is 1. The number of rotatable bonds is 9. The van der Waals surface area contributed by atoms with Gasteiger partial charge in [-0.05, 0) is 19.3 Å². The average molecular weight is 306 g/mol. The maximum Gasteiger partial charge on any atom is 0.303 e. The molecule has 0 aliphatic carbocycles. The third-order valence-corrected chi connectivity index (χ3v) is 5.07. The lowest BCUT2D eigenvalue weighted by molar-refractivity contribution is -0.137. The van der Waals surface area contributed by atoms with Crippen LogP contribution in [0, 0.1) is 0 Å². The summed E-state index contributed by atoms with van der Waals surface area (Å²) in [5.74, 6) is -0.935. The van der Waals surface area contributed by atoms with Crippen molar-refractivity contribution in [2.75, 3.05) is 25.4 Å². The van der Waals surface area contributed by atoms with E-state index in [1.54, 1.807) is 0 Å². The van der Waals surface area contributed by atoms with Crippen LogP contribution in [-0.4, -0.2) is 55.1 Å². The molecule has 1 saturated heterocycles. The van der Waals surface area contributed by atoms with Crippen LogP contribution in [0.4, 0.5) is 0 Å². The molecule has 1 fully saturated rings. The highest BCUT2D eigenvalue weighted by molar-refractivity contribution is 7.89. The van der Waals surface area contributed by atoms with E-state index in [1.807, 2.05) is 0 Å². The van der Waals surface area contributed by atoms with Crippen molar-refractivity contribution in [1.82, 2.24) is 9.62 Å². The summed E-state index contributed by atoms with van der Waals surface area (Å²) in [4.78, 5) is 21.9. The smallest absolute Gasteiger partial charge is 0.303 e. The fourth-order valence-electron chi connectivity index (χ4n) is 2.07. The summed E-state index contributed by atoms with van der Waals surface area (Å²) in [5.41, 5.74) is 0. The maximum absolute atomic E-state index is 11.6. The number of unbranched alkanes of at least 4 members (excludes halogenated alkanes) is 3. The van der Waals surface area contributed by atoms with E-state index >= 15 is 0 Å². The van der Waals surface area contributed by atoms with Crippen molar-refractivity contribution in [3.63, 3.8) is 0 Å². The van der Waals surface area contributed by atoms with E-state index < -0.39 is 16.0 Å². The lowest BCUT2D eigenvalue weighted by Crippen LogP contribution is -2.38. The highest BCUT2D eigenvalue weighted by atomic mass is 32.2. The second-order valence-corrected chi connectivity index (χ2v) is 7.00. The van der Waals surface area contributed by atoms with Crippen molar-refractivity contribution < 1.29 is 23.1 Å². The van der Waals surface area contributed by atoms with Crippen molar-refractivity contribution in [2.24, 2.45) is 0 Å². The van der Waals surface area contributed by atoms with Gasteiger partial charge in [0.2, 0.25) is 15.9 Å². The molecule has 8 heteroatoms. The van der Waals surface area contributed by atoms with Crippen LogP contribution in [0.2, 0.25) is 0 Å². The summed E-state index contributed by atoms with van der Waals surface area (Å²) in [6, 6.07) is 0. The molecule has 0 aromatic rings. The van der Waals surface area contributed by atoms with Crippen molar-refractivity contribution >= 4 is 21.9 Å². The van der Waals surface area contributed by atoms with Gasteiger partial charge < -0.3 is 10.4 Å². The van der Waals surface area contributed by atoms with Gasteiger partial charge in [-0.3, -0.25) is 9.59 Å². The lowest BCUT2D eigenvalue weighted by Gasteiger charge is -2.13. The third-order valence-electron chi connectivity index (χ3n) is 3.16. The van der Waals surface area contributed by atoms with Gasteiger partial charge in [0, 0.05) is 19.5 Å². The van der Waals surface area contributed by atoms with Crippen LogP contribution in [0.15, 0.2) is 0 Å². The molecule has 0 aromatic heterocycles. The molecule has 1 amide bonds. The monoisotopic (exact) mass is 306 g/mol. The highest BCUT2D eigenvalue weighted by Gasteiger charge is 2.29. The van der Waals surface area contributed by atoms with Gasteiger partial charge in [0.1, 0.15) is 0 Å². The Kier molecular flexibility index (Phi) is 6.94. The number of carboxylic acid groups (broad SMARTS) is 1. The largest absolute Gasteiger partial charge is 0.481 e. The molecule has 0 unspecified atom stereocenters. The molecule has 0 saturated carbocycles. The van der Waals surface area contributed by atoms with Crippen LogP contribution in [-0.2, 0) is 19.6 Å². The fraction of sp³-hybridized carbons (Fsp3) is 0.833. The fourth-order valence-corrected chi connectivity index (χ4v) is 3.54. The van der Waals surface area contributed by atoms with E-state index in [1.165, 1.54) is 4.31 Å². The zero-order chi connectivity index (χ0) is 15.0. The molecule has 20 heavy (non-hydrogen) atoms. The predicted octanol–water partition coefficient (Wildman–Crippen LogP) is 0.173. The van der Waals surface area contributed by atoms with Gasteiger partial charge in [-0.25, -0.2) is 8.42 Å². The van der Waals surface area contributed by atoms with E-state index in [0.717, 1.165) is 19.3 Å². The van der Waals surface area contributed by atoms with Crippen molar-refractivity contribution in [1.29, 1.82) is 0 Å². The number of carbonyl (C=O) groups is 2. The standard InChI is InChI=1S/C12H22N2O5S/c15-11(10-14-8-5-9-20(14,18)19)13-7-4-2-1-3-6-12(16)17/h1-10H2,(H,13,15)(H,16,17). The number of nitrogens with zero attached hydrogens (tertiary/aromatic N) is 1. The molecule has 2 N–H and O–H groups in total.